The highest BCUT2D eigenvalue weighted by Gasteiger charge is 2.52. The van der Waals surface area contributed by atoms with Gasteiger partial charge in [-0.25, -0.2) is 0 Å². The fourth-order valence-electron chi connectivity index (χ4n) is 5.60. The van der Waals surface area contributed by atoms with Crippen LogP contribution in [0.1, 0.15) is 51.6 Å². The van der Waals surface area contributed by atoms with Gasteiger partial charge in [-0.05, 0) is 63.6 Å². The molecular formula is C23H32N2O2. The topological polar surface area (TPSA) is 42.4 Å². The molecule has 4 rings (SSSR count). The smallest absolute Gasteiger partial charge is 0.310 e. The lowest BCUT2D eigenvalue weighted by atomic mass is 9.59. The fourth-order valence-corrected chi connectivity index (χ4v) is 5.60. The third-order valence-electron chi connectivity index (χ3n) is 7.16. The van der Waals surface area contributed by atoms with Crippen molar-refractivity contribution in [3.05, 3.63) is 41.2 Å². The van der Waals surface area contributed by atoms with E-state index in [0.29, 0.717) is 5.92 Å². The predicted octanol–water partition coefficient (Wildman–Crippen LogP) is 4.01. The van der Waals surface area contributed by atoms with Crippen LogP contribution in [-0.4, -0.2) is 42.1 Å². The molecule has 2 fully saturated rings. The molecule has 146 valence electrons. The molecule has 1 saturated heterocycles. The van der Waals surface area contributed by atoms with E-state index in [1.807, 2.05) is 18.3 Å². The van der Waals surface area contributed by atoms with Crippen LogP contribution in [0.2, 0.25) is 0 Å². The molecule has 1 saturated carbocycles. The van der Waals surface area contributed by atoms with E-state index < -0.39 is 0 Å². The van der Waals surface area contributed by atoms with Gasteiger partial charge in [0.05, 0.1) is 5.92 Å². The number of esters is 1. The number of carbonyl (C=O) groups is 1. The van der Waals surface area contributed by atoms with Gasteiger partial charge in [-0.3, -0.25) is 9.78 Å². The van der Waals surface area contributed by atoms with Crippen molar-refractivity contribution in [2.75, 3.05) is 20.1 Å². The molecule has 27 heavy (non-hydrogen) atoms. The van der Waals surface area contributed by atoms with Crippen molar-refractivity contribution < 1.29 is 9.53 Å². The van der Waals surface area contributed by atoms with E-state index in [2.05, 4.69) is 36.8 Å². The van der Waals surface area contributed by atoms with Crippen LogP contribution in [-0.2, 0) is 16.0 Å². The van der Waals surface area contributed by atoms with Crippen LogP contribution in [0.3, 0.4) is 0 Å². The Morgan fingerprint density at radius 3 is 3.00 bits per heavy atom. The molecule has 0 spiro atoms. The Bertz CT molecular complexity index is 729. The maximum absolute atomic E-state index is 12.7. The summed E-state index contributed by atoms with van der Waals surface area (Å²) >= 11 is 0. The van der Waals surface area contributed by atoms with Crippen LogP contribution in [0.15, 0.2) is 35.5 Å². The molecule has 3 aliphatic rings. The number of aromatic nitrogens is 1. The van der Waals surface area contributed by atoms with Crippen LogP contribution < -0.4 is 0 Å². The van der Waals surface area contributed by atoms with E-state index in [1.165, 1.54) is 19.3 Å². The minimum Gasteiger partial charge on any atom is -0.462 e. The normalized spacial score (nSPS) is 33.0. The van der Waals surface area contributed by atoms with Crippen LogP contribution in [0, 0.1) is 17.3 Å². The van der Waals surface area contributed by atoms with Crippen molar-refractivity contribution in [3.8, 4) is 0 Å². The van der Waals surface area contributed by atoms with Crippen LogP contribution in [0.5, 0.6) is 0 Å². The Morgan fingerprint density at radius 1 is 1.37 bits per heavy atom. The minimum atomic E-state index is 0.00973. The zero-order valence-electron chi connectivity index (χ0n) is 16.9. The maximum Gasteiger partial charge on any atom is 0.310 e. The van der Waals surface area contributed by atoms with E-state index in [-0.39, 0.29) is 23.4 Å². The lowest BCUT2D eigenvalue weighted by Gasteiger charge is -2.45. The predicted molar refractivity (Wildman–Crippen MR) is 106 cm³/mol. The molecule has 0 amide bonds. The van der Waals surface area contributed by atoms with E-state index in [0.717, 1.165) is 38.0 Å². The molecular weight excluding hydrogens is 336 g/mol. The molecule has 2 heterocycles. The zero-order chi connectivity index (χ0) is 19.0. The molecule has 4 heteroatoms. The molecule has 4 atom stereocenters. The van der Waals surface area contributed by atoms with Gasteiger partial charge < -0.3 is 9.64 Å². The average Bonchev–Trinajstić information content (AvgIpc) is 2.93. The lowest BCUT2D eigenvalue weighted by Crippen LogP contribution is -2.41. The highest BCUT2D eigenvalue weighted by molar-refractivity contribution is 5.76. The Hall–Kier alpha value is -1.68. The summed E-state index contributed by atoms with van der Waals surface area (Å²) in [5, 5.41) is 0. The summed E-state index contributed by atoms with van der Waals surface area (Å²) < 4.78 is 5.89. The van der Waals surface area contributed by atoms with Gasteiger partial charge in [-0.1, -0.05) is 24.1 Å². The first-order chi connectivity index (χ1) is 13.0. The number of nitrogens with zero attached hydrogens (tertiary/aromatic N) is 2. The van der Waals surface area contributed by atoms with Crippen LogP contribution >= 0.6 is 0 Å². The molecule has 1 aliphatic heterocycles. The maximum atomic E-state index is 12.7. The third kappa shape index (κ3) is 3.69. The second kappa shape index (κ2) is 7.38. The summed E-state index contributed by atoms with van der Waals surface area (Å²) in [5.41, 5.74) is 4.56. The molecule has 1 aromatic heterocycles. The van der Waals surface area contributed by atoms with E-state index >= 15 is 0 Å². The second-order valence-corrected chi connectivity index (χ2v) is 9.16. The van der Waals surface area contributed by atoms with Crippen LogP contribution in [0.4, 0.5) is 0 Å². The van der Waals surface area contributed by atoms with E-state index in [9.17, 15) is 4.79 Å². The van der Waals surface area contributed by atoms with Crippen molar-refractivity contribution in [1.82, 2.24) is 9.88 Å². The quantitative estimate of drug-likeness (QED) is 0.582. The van der Waals surface area contributed by atoms with Crippen molar-refractivity contribution in [2.24, 2.45) is 17.3 Å². The van der Waals surface area contributed by atoms with Crippen molar-refractivity contribution >= 4 is 5.97 Å². The summed E-state index contributed by atoms with van der Waals surface area (Å²) in [6.07, 6.45) is 8.69. The van der Waals surface area contributed by atoms with Gasteiger partial charge in [-0.15, -0.1) is 0 Å². The van der Waals surface area contributed by atoms with Crippen molar-refractivity contribution in [1.29, 1.82) is 0 Å². The Labute approximate surface area is 163 Å². The number of rotatable bonds is 5. The van der Waals surface area contributed by atoms with Gasteiger partial charge in [0, 0.05) is 37.3 Å². The van der Waals surface area contributed by atoms with Gasteiger partial charge in [0.2, 0.25) is 0 Å². The third-order valence-corrected chi connectivity index (χ3v) is 7.16. The molecule has 4 nitrogen and oxygen atoms in total. The number of hydrogen-bond donors (Lipinski definition) is 0. The van der Waals surface area contributed by atoms with Gasteiger partial charge in [-0.2, -0.15) is 0 Å². The number of likely N-dealkylation sites (N-methyl/N-ethyl adjacent to an activating group) is 1. The van der Waals surface area contributed by atoms with E-state index in [1.54, 1.807) is 11.1 Å². The summed E-state index contributed by atoms with van der Waals surface area (Å²) in [4.78, 5) is 19.3. The number of carbonyl (C=O) groups excluding carboxylic acids is 1. The van der Waals surface area contributed by atoms with Crippen molar-refractivity contribution in [2.45, 2.75) is 58.5 Å². The molecule has 0 bridgehead atoms. The first-order valence-corrected chi connectivity index (χ1v) is 10.4. The Balaban J connectivity index is 1.42. The van der Waals surface area contributed by atoms with Gasteiger partial charge >= 0.3 is 5.97 Å². The number of pyridine rings is 1. The molecule has 0 unspecified atom stereocenters. The van der Waals surface area contributed by atoms with E-state index in [4.69, 9.17) is 4.74 Å². The first-order valence-electron chi connectivity index (χ1n) is 10.4. The summed E-state index contributed by atoms with van der Waals surface area (Å²) in [7, 11) is 2.11. The molecule has 0 aromatic carbocycles. The number of hydrogen-bond acceptors (Lipinski definition) is 4. The molecule has 1 aromatic rings. The Morgan fingerprint density at radius 2 is 2.22 bits per heavy atom. The summed E-state index contributed by atoms with van der Waals surface area (Å²) in [6, 6.07) is 6.04. The fraction of sp³-hybridized carbons (Fsp3) is 0.652. The SMILES string of the molecule is CC1=C2C[C@@H]3[C@H](CN(C)CCc4ccccn4)C(=O)O[C@@H]3C[C@]2(C)CCC1. The molecule has 2 aliphatic carbocycles. The molecule has 0 radical (unpaired) electrons. The summed E-state index contributed by atoms with van der Waals surface area (Å²) in [5.74, 6) is 0.386. The highest BCUT2D eigenvalue weighted by Crippen LogP contribution is 2.55. The van der Waals surface area contributed by atoms with Gasteiger partial charge in [0.1, 0.15) is 6.10 Å². The highest BCUT2D eigenvalue weighted by atomic mass is 16.6. The average molecular weight is 369 g/mol. The number of ether oxygens (including phenoxy) is 1. The molecule has 0 N–H and O–H groups in total. The van der Waals surface area contributed by atoms with Crippen molar-refractivity contribution in [3.63, 3.8) is 0 Å². The number of allylic oxidation sites excluding steroid dienone is 2. The first kappa shape index (κ1) is 18.7. The second-order valence-electron chi connectivity index (χ2n) is 9.16. The lowest BCUT2D eigenvalue weighted by molar-refractivity contribution is -0.145. The minimum absolute atomic E-state index is 0.00973. The van der Waals surface area contributed by atoms with Crippen LogP contribution in [0.25, 0.3) is 0 Å². The monoisotopic (exact) mass is 368 g/mol. The zero-order valence-corrected chi connectivity index (χ0v) is 16.9. The standard InChI is InChI=1S/C23H32N2O2/c1-16-7-6-10-23(2)14-21-18(13-20(16)23)19(22(26)27-21)15-25(3)12-9-17-8-4-5-11-24-17/h4-5,8,11,18-19,21H,6-7,9-10,12-15H2,1-3H3/t18-,19+,21-,23+/m1/s1. The Kier molecular flexibility index (Phi) is 5.11. The summed E-state index contributed by atoms with van der Waals surface area (Å²) in [6.45, 7) is 6.40. The largest absolute Gasteiger partial charge is 0.462 e. The number of fused-ring (bicyclic) bond motifs is 2. The van der Waals surface area contributed by atoms with Gasteiger partial charge in [0.15, 0.2) is 0 Å². The van der Waals surface area contributed by atoms with Gasteiger partial charge in [0.25, 0.3) is 0 Å².